The van der Waals surface area contributed by atoms with Crippen molar-refractivity contribution in [1.82, 2.24) is 10.7 Å². The first-order valence-corrected chi connectivity index (χ1v) is 8.51. The van der Waals surface area contributed by atoms with E-state index in [1.165, 1.54) is 0 Å². The molecule has 9 nitrogen and oxygen atoms in total. The first-order valence-electron chi connectivity index (χ1n) is 8.51. The van der Waals surface area contributed by atoms with Gasteiger partial charge in [-0.05, 0) is 22.9 Å². The number of fused-ring (bicyclic) bond motifs is 1. The van der Waals surface area contributed by atoms with E-state index < -0.39 is 16.7 Å². The summed E-state index contributed by atoms with van der Waals surface area (Å²) in [4.78, 5) is 34.4. The van der Waals surface area contributed by atoms with Crippen molar-refractivity contribution < 1.29 is 19.6 Å². The van der Waals surface area contributed by atoms with Gasteiger partial charge in [0.25, 0.3) is 17.5 Å². The number of hydrogen-bond donors (Lipinski definition) is 3. The highest BCUT2D eigenvalue weighted by Crippen LogP contribution is 2.21. The summed E-state index contributed by atoms with van der Waals surface area (Å²) >= 11 is 0. The first kappa shape index (κ1) is 19.5. The Balaban J connectivity index is 1.59. The molecule has 3 rings (SSSR count). The van der Waals surface area contributed by atoms with Crippen molar-refractivity contribution in [3.8, 4) is 5.75 Å². The third-order valence-corrected chi connectivity index (χ3v) is 4.06. The first-order chi connectivity index (χ1) is 14.0. The topological polar surface area (TPSA) is 134 Å². The molecule has 9 heteroatoms. The minimum atomic E-state index is -0.613. The average molecular weight is 392 g/mol. The van der Waals surface area contributed by atoms with Crippen molar-refractivity contribution in [3.63, 3.8) is 0 Å². The van der Waals surface area contributed by atoms with E-state index in [-0.39, 0.29) is 23.5 Å². The van der Waals surface area contributed by atoms with Crippen LogP contribution < -0.4 is 10.7 Å². The Kier molecular flexibility index (Phi) is 5.79. The Morgan fingerprint density at radius 2 is 1.86 bits per heavy atom. The number of nitro benzene ring substituents is 1. The highest BCUT2D eigenvalue weighted by molar-refractivity contribution is 6.07. The quantitative estimate of drug-likeness (QED) is 0.336. The molecule has 0 radical (unpaired) electrons. The van der Waals surface area contributed by atoms with E-state index in [1.807, 2.05) is 30.3 Å². The maximum absolute atomic E-state index is 12.4. The van der Waals surface area contributed by atoms with Gasteiger partial charge in [-0.2, -0.15) is 5.10 Å². The summed E-state index contributed by atoms with van der Waals surface area (Å²) in [5.41, 5.74) is 2.48. The molecule has 29 heavy (non-hydrogen) atoms. The molecule has 0 aliphatic heterocycles. The fourth-order valence-corrected chi connectivity index (χ4v) is 2.65. The van der Waals surface area contributed by atoms with E-state index in [1.54, 1.807) is 12.1 Å². The molecule has 0 spiro atoms. The van der Waals surface area contributed by atoms with Gasteiger partial charge < -0.3 is 10.4 Å². The van der Waals surface area contributed by atoms with Crippen molar-refractivity contribution >= 4 is 34.5 Å². The summed E-state index contributed by atoms with van der Waals surface area (Å²) in [5.74, 6) is -1.23. The van der Waals surface area contributed by atoms with Gasteiger partial charge >= 0.3 is 0 Å². The van der Waals surface area contributed by atoms with E-state index in [9.17, 15) is 24.8 Å². The summed E-state index contributed by atoms with van der Waals surface area (Å²) in [7, 11) is 0. The number of carbonyl (C=O) groups excluding carboxylic acids is 2. The Hall–Kier alpha value is -4.27. The second kappa shape index (κ2) is 8.61. The van der Waals surface area contributed by atoms with Gasteiger partial charge in [0.1, 0.15) is 5.75 Å². The molecule has 0 aliphatic carbocycles. The lowest BCUT2D eigenvalue weighted by atomic mass is 10.0. The monoisotopic (exact) mass is 392 g/mol. The summed E-state index contributed by atoms with van der Waals surface area (Å²) in [6.07, 6.45) is 1.08. The van der Waals surface area contributed by atoms with E-state index in [2.05, 4.69) is 15.8 Å². The number of aromatic hydroxyl groups is 1. The molecule has 0 bridgehead atoms. The van der Waals surface area contributed by atoms with Crippen molar-refractivity contribution in [2.24, 2.45) is 5.10 Å². The number of rotatable bonds is 6. The molecule has 0 atom stereocenters. The fourth-order valence-electron chi connectivity index (χ4n) is 2.65. The number of phenols is 1. The summed E-state index contributed by atoms with van der Waals surface area (Å²) in [5, 5.41) is 28.3. The Bertz CT molecular complexity index is 1120. The molecule has 2 amide bonds. The molecule has 0 aliphatic rings. The molecule has 0 unspecified atom stereocenters. The predicted octanol–water partition coefficient (Wildman–Crippen LogP) is 2.33. The molecule has 0 heterocycles. The highest BCUT2D eigenvalue weighted by Gasteiger charge is 2.11. The molecule has 0 saturated heterocycles. The van der Waals surface area contributed by atoms with Crippen molar-refractivity contribution in [3.05, 3.63) is 81.9 Å². The fraction of sp³-hybridized carbons (Fsp3) is 0.0500. The summed E-state index contributed by atoms with van der Waals surface area (Å²) in [6, 6.07) is 16.1. The SMILES string of the molecule is O=C(CNC(=O)c1cccc2ccccc12)N/N=C\c1cc([N+](=O)[O-])ccc1O. The van der Waals surface area contributed by atoms with E-state index >= 15 is 0 Å². The zero-order valence-electron chi connectivity index (χ0n) is 15.0. The third-order valence-electron chi connectivity index (χ3n) is 4.06. The molecule has 3 aromatic carbocycles. The molecule has 0 fully saturated rings. The van der Waals surface area contributed by atoms with Gasteiger partial charge in [0.15, 0.2) is 0 Å². The van der Waals surface area contributed by atoms with Gasteiger partial charge in [0.05, 0.1) is 17.7 Å². The van der Waals surface area contributed by atoms with Gasteiger partial charge in [-0.3, -0.25) is 19.7 Å². The van der Waals surface area contributed by atoms with Crippen LogP contribution in [-0.4, -0.2) is 34.6 Å². The highest BCUT2D eigenvalue weighted by atomic mass is 16.6. The minimum absolute atomic E-state index is 0.0688. The predicted molar refractivity (Wildman–Crippen MR) is 107 cm³/mol. The second-order valence-corrected chi connectivity index (χ2v) is 6.00. The van der Waals surface area contributed by atoms with Gasteiger partial charge in [0, 0.05) is 23.3 Å². The van der Waals surface area contributed by atoms with Gasteiger partial charge in [-0.25, -0.2) is 5.43 Å². The van der Waals surface area contributed by atoms with Crippen LogP contribution in [-0.2, 0) is 4.79 Å². The number of non-ortho nitro benzene ring substituents is 1. The van der Waals surface area contributed by atoms with E-state index in [0.717, 1.165) is 35.2 Å². The van der Waals surface area contributed by atoms with Crippen LogP contribution in [0, 0.1) is 10.1 Å². The molecular formula is C20H16N4O5. The number of amides is 2. The summed E-state index contributed by atoms with van der Waals surface area (Å²) in [6.45, 7) is -0.319. The standard InChI is InChI=1S/C20H16N4O5/c25-18-9-8-15(24(28)29)10-14(18)11-22-23-19(26)12-21-20(27)17-7-3-5-13-4-1-2-6-16(13)17/h1-11,25H,12H2,(H,21,27)(H,23,26)/b22-11-. The van der Waals surface area contributed by atoms with Crippen LogP contribution in [0.3, 0.4) is 0 Å². The van der Waals surface area contributed by atoms with E-state index in [4.69, 9.17) is 0 Å². The number of phenolic OH excluding ortho intramolecular Hbond substituents is 1. The van der Waals surface area contributed by atoms with Crippen molar-refractivity contribution in [2.75, 3.05) is 6.54 Å². The number of benzene rings is 3. The molecule has 0 saturated carbocycles. The van der Waals surface area contributed by atoms with Crippen LogP contribution in [0.15, 0.2) is 65.8 Å². The number of hydrazone groups is 1. The normalized spacial score (nSPS) is 10.8. The lowest BCUT2D eigenvalue weighted by Crippen LogP contribution is -2.35. The van der Waals surface area contributed by atoms with Crippen molar-refractivity contribution in [1.29, 1.82) is 0 Å². The zero-order chi connectivity index (χ0) is 20.8. The van der Waals surface area contributed by atoms with Gasteiger partial charge in [-0.1, -0.05) is 36.4 Å². The van der Waals surface area contributed by atoms with Crippen LogP contribution in [0.5, 0.6) is 5.75 Å². The van der Waals surface area contributed by atoms with E-state index in [0.29, 0.717) is 5.56 Å². The minimum Gasteiger partial charge on any atom is -0.507 e. The Labute approximate surface area is 164 Å². The Morgan fingerprint density at radius 1 is 1.10 bits per heavy atom. The van der Waals surface area contributed by atoms with Gasteiger partial charge in [-0.15, -0.1) is 0 Å². The second-order valence-electron chi connectivity index (χ2n) is 6.00. The number of nitro groups is 1. The number of hydrogen-bond acceptors (Lipinski definition) is 6. The third kappa shape index (κ3) is 4.72. The van der Waals surface area contributed by atoms with Crippen LogP contribution >= 0.6 is 0 Å². The van der Waals surface area contributed by atoms with Crippen LogP contribution in [0.1, 0.15) is 15.9 Å². The number of nitrogens with zero attached hydrogens (tertiary/aromatic N) is 2. The van der Waals surface area contributed by atoms with Crippen LogP contribution in [0.2, 0.25) is 0 Å². The number of nitrogens with one attached hydrogen (secondary N) is 2. The summed E-state index contributed by atoms with van der Waals surface area (Å²) < 4.78 is 0. The van der Waals surface area contributed by atoms with Crippen LogP contribution in [0.25, 0.3) is 10.8 Å². The Morgan fingerprint density at radius 3 is 2.66 bits per heavy atom. The lowest BCUT2D eigenvalue weighted by molar-refractivity contribution is -0.384. The molecular weight excluding hydrogens is 376 g/mol. The van der Waals surface area contributed by atoms with Gasteiger partial charge in [0.2, 0.25) is 0 Å². The largest absolute Gasteiger partial charge is 0.507 e. The number of carbonyl (C=O) groups is 2. The lowest BCUT2D eigenvalue weighted by Gasteiger charge is -2.07. The molecule has 3 N–H and O–H groups in total. The smallest absolute Gasteiger partial charge is 0.270 e. The molecule has 146 valence electrons. The molecule has 0 aromatic heterocycles. The maximum Gasteiger partial charge on any atom is 0.270 e. The molecule has 3 aromatic rings. The maximum atomic E-state index is 12.4. The van der Waals surface area contributed by atoms with Crippen molar-refractivity contribution in [2.45, 2.75) is 0 Å². The average Bonchev–Trinajstić information content (AvgIpc) is 2.72. The zero-order valence-corrected chi connectivity index (χ0v) is 15.0. The van der Waals surface area contributed by atoms with Crippen LogP contribution in [0.4, 0.5) is 5.69 Å².